The number of benzene rings is 1. The number of hydrogen-bond donors (Lipinski definition) is 1. The van der Waals surface area contributed by atoms with E-state index in [1.165, 1.54) is 0 Å². The molecule has 132 valence electrons. The number of amides is 1. The quantitative estimate of drug-likeness (QED) is 0.759. The van der Waals surface area contributed by atoms with Gasteiger partial charge in [-0.2, -0.15) is 0 Å². The summed E-state index contributed by atoms with van der Waals surface area (Å²) in [5, 5.41) is 0. The van der Waals surface area contributed by atoms with E-state index < -0.39 is 10.0 Å². The number of carbonyl (C=O) groups is 1. The molecule has 1 aromatic rings. The zero-order chi connectivity index (χ0) is 17.6. The Kier molecular flexibility index (Phi) is 6.39. The van der Waals surface area contributed by atoms with Crippen LogP contribution < -0.4 is 9.46 Å². The molecule has 0 aliphatic carbocycles. The molecule has 1 aromatic carbocycles. The van der Waals surface area contributed by atoms with Crippen LogP contribution in [-0.2, 0) is 10.0 Å². The van der Waals surface area contributed by atoms with Gasteiger partial charge in [0.05, 0.1) is 6.26 Å². The van der Waals surface area contributed by atoms with E-state index in [2.05, 4.69) is 11.3 Å². The molecule has 1 heterocycles. The average molecular weight is 352 g/mol. The van der Waals surface area contributed by atoms with Crippen molar-refractivity contribution in [2.45, 2.75) is 25.3 Å². The van der Waals surface area contributed by atoms with Crippen molar-refractivity contribution in [1.82, 2.24) is 9.62 Å². The average Bonchev–Trinajstić information content (AvgIpc) is 2.57. The predicted molar refractivity (Wildman–Crippen MR) is 93.7 cm³/mol. The maximum absolute atomic E-state index is 12.8. The van der Waals surface area contributed by atoms with E-state index >= 15 is 0 Å². The molecule has 1 aliphatic heterocycles. The highest BCUT2D eigenvalue weighted by Crippen LogP contribution is 2.21. The molecule has 1 atom stereocenters. The van der Waals surface area contributed by atoms with Gasteiger partial charge >= 0.3 is 0 Å². The van der Waals surface area contributed by atoms with Crippen LogP contribution >= 0.6 is 0 Å². The number of hydrogen-bond acceptors (Lipinski definition) is 4. The SMILES string of the molecule is C=CCOc1ccc(C(=O)N2CCCCC2CNS(C)(=O)=O)cc1. The standard InChI is InChI=1S/C17H24N2O4S/c1-3-12-23-16-9-7-14(8-10-16)17(20)19-11-5-4-6-15(19)13-18-24(2,21)22/h3,7-10,15,18H,1,4-6,11-13H2,2H3. The zero-order valence-electron chi connectivity index (χ0n) is 13.9. The summed E-state index contributed by atoms with van der Waals surface area (Å²) in [7, 11) is -3.26. The van der Waals surface area contributed by atoms with Crippen molar-refractivity contribution in [3.63, 3.8) is 0 Å². The van der Waals surface area contributed by atoms with Crippen molar-refractivity contribution < 1.29 is 17.9 Å². The Hall–Kier alpha value is -1.86. The van der Waals surface area contributed by atoms with Crippen molar-refractivity contribution in [3.8, 4) is 5.75 Å². The number of piperidine rings is 1. The van der Waals surface area contributed by atoms with E-state index in [9.17, 15) is 13.2 Å². The number of ether oxygens (including phenoxy) is 1. The number of sulfonamides is 1. The van der Waals surface area contributed by atoms with Crippen LogP contribution in [0.5, 0.6) is 5.75 Å². The van der Waals surface area contributed by atoms with Gasteiger partial charge in [-0.15, -0.1) is 0 Å². The van der Waals surface area contributed by atoms with Gasteiger partial charge in [-0.3, -0.25) is 4.79 Å². The molecule has 0 radical (unpaired) electrons. The largest absolute Gasteiger partial charge is 0.490 e. The summed E-state index contributed by atoms with van der Waals surface area (Å²) < 4.78 is 30.5. The van der Waals surface area contributed by atoms with E-state index in [1.54, 1.807) is 35.2 Å². The van der Waals surface area contributed by atoms with Gasteiger partial charge in [-0.25, -0.2) is 13.1 Å². The van der Waals surface area contributed by atoms with Crippen LogP contribution in [0.1, 0.15) is 29.6 Å². The van der Waals surface area contributed by atoms with Crippen LogP contribution in [0.3, 0.4) is 0 Å². The number of carbonyl (C=O) groups excluding carboxylic acids is 1. The maximum Gasteiger partial charge on any atom is 0.254 e. The number of nitrogens with zero attached hydrogens (tertiary/aromatic N) is 1. The lowest BCUT2D eigenvalue weighted by Gasteiger charge is -2.35. The molecule has 1 N–H and O–H groups in total. The highest BCUT2D eigenvalue weighted by Gasteiger charge is 2.28. The van der Waals surface area contributed by atoms with Crippen LogP contribution in [0.25, 0.3) is 0 Å². The summed E-state index contributed by atoms with van der Waals surface area (Å²) in [6, 6.07) is 6.86. The maximum atomic E-state index is 12.8. The lowest BCUT2D eigenvalue weighted by Crippen LogP contribution is -2.49. The van der Waals surface area contributed by atoms with Crippen LogP contribution in [0.15, 0.2) is 36.9 Å². The number of rotatable bonds is 7. The Morgan fingerprint density at radius 2 is 2.08 bits per heavy atom. The third-order valence-electron chi connectivity index (χ3n) is 3.94. The predicted octanol–water partition coefficient (Wildman–Crippen LogP) is 1.80. The van der Waals surface area contributed by atoms with Gasteiger partial charge in [0.15, 0.2) is 0 Å². The van der Waals surface area contributed by atoms with Crippen molar-refractivity contribution in [2.24, 2.45) is 0 Å². The summed E-state index contributed by atoms with van der Waals surface area (Å²) >= 11 is 0. The van der Waals surface area contributed by atoms with Crippen LogP contribution in [-0.4, -0.2) is 51.2 Å². The molecular formula is C17H24N2O4S. The first-order valence-corrected chi connectivity index (χ1v) is 9.89. The molecule has 1 saturated heterocycles. The van der Waals surface area contributed by atoms with E-state index in [-0.39, 0.29) is 18.5 Å². The molecule has 0 bridgehead atoms. The second-order valence-electron chi connectivity index (χ2n) is 5.89. The summed E-state index contributed by atoms with van der Waals surface area (Å²) in [6.07, 6.45) is 5.51. The molecule has 7 heteroatoms. The first kappa shape index (κ1) is 18.5. The molecule has 6 nitrogen and oxygen atoms in total. The fraction of sp³-hybridized carbons (Fsp3) is 0.471. The molecule has 0 spiro atoms. The first-order valence-electron chi connectivity index (χ1n) is 8.00. The molecule has 2 rings (SSSR count). The summed E-state index contributed by atoms with van der Waals surface area (Å²) in [4.78, 5) is 14.5. The minimum Gasteiger partial charge on any atom is -0.490 e. The molecule has 1 fully saturated rings. The fourth-order valence-electron chi connectivity index (χ4n) is 2.74. The van der Waals surface area contributed by atoms with Crippen molar-refractivity contribution in [2.75, 3.05) is 26.0 Å². The van der Waals surface area contributed by atoms with Gasteiger partial charge in [0.1, 0.15) is 12.4 Å². The van der Waals surface area contributed by atoms with Gasteiger partial charge in [-0.1, -0.05) is 12.7 Å². The smallest absolute Gasteiger partial charge is 0.254 e. The minimum atomic E-state index is -3.26. The Morgan fingerprint density at radius 1 is 1.38 bits per heavy atom. The van der Waals surface area contributed by atoms with E-state index in [0.29, 0.717) is 24.5 Å². The summed E-state index contributed by atoms with van der Waals surface area (Å²) in [6.45, 7) is 4.90. The highest BCUT2D eigenvalue weighted by atomic mass is 32.2. The van der Waals surface area contributed by atoms with Crippen LogP contribution in [0.4, 0.5) is 0 Å². The van der Waals surface area contributed by atoms with Crippen molar-refractivity contribution in [3.05, 3.63) is 42.5 Å². The molecule has 1 aliphatic rings. The number of likely N-dealkylation sites (tertiary alicyclic amines) is 1. The van der Waals surface area contributed by atoms with Gasteiger partial charge in [0.2, 0.25) is 10.0 Å². The third-order valence-corrected chi connectivity index (χ3v) is 4.63. The first-order chi connectivity index (χ1) is 11.4. The summed E-state index contributed by atoms with van der Waals surface area (Å²) in [5.41, 5.74) is 0.576. The van der Waals surface area contributed by atoms with E-state index in [1.807, 2.05) is 0 Å². The zero-order valence-corrected chi connectivity index (χ0v) is 14.7. The minimum absolute atomic E-state index is 0.0785. The molecule has 0 saturated carbocycles. The monoisotopic (exact) mass is 352 g/mol. The molecule has 24 heavy (non-hydrogen) atoms. The molecular weight excluding hydrogens is 328 g/mol. The summed E-state index contributed by atoms with van der Waals surface area (Å²) in [5.74, 6) is 0.602. The van der Waals surface area contributed by atoms with Gasteiger partial charge < -0.3 is 9.64 Å². The Morgan fingerprint density at radius 3 is 2.71 bits per heavy atom. The Bertz CT molecular complexity index is 670. The molecule has 1 unspecified atom stereocenters. The fourth-order valence-corrected chi connectivity index (χ4v) is 3.24. The van der Waals surface area contributed by atoms with Crippen LogP contribution in [0.2, 0.25) is 0 Å². The molecule has 1 amide bonds. The van der Waals surface area contributed by atoms with E-state index in [4.69, 9.17) is 4.74 Å². The Balaban J connectivity index is 2.06. The Labute approximate surface area is 143 Å². The van der Waals surface area contributed by atoms with Gasteiger partial charge in [0, 0.05) is 24.7 Å². The van der Waals surface area contributed by atoms with E-state index in [0.717, 1.165) is 25.5 Å². The second kappa shape index (κ2) is 8.30. The topological polar surface area (TPSA) is 75.7 Å². The second-order valence-corrected chi connectivity index (χ2v) is 7.73. The lowest BCUT2D eigenvalue weighted by molar-refractivity contribution is 0.0619. The van der Waals surface area contributed by atoms with Crippen molar-refractivity contribution in [1.29, 1.82) is 0 Å². The molecule has 0 aromatic heterocycles. The van der Waals surface area contributed by atoms with Crippen molar-refractivity contribution >= 4 is 15.9 Å². The normalized spacial score (nSPS) is 18.2. The van der Waals surface area contributed by atoms with Gasteiger partial charge in [-0.05, 0) is 43.5 Å². The number of nitrogens with one attached hydrogen (secondary N) is 1. The third kappa shape index (κ3) is 5.35. The lowest BCUT2D eigenvalue weighted by atomic mass is 10.0. The van der Waals surface area contributed by atoms with Crippen LogP contribution in [0, 0.1) is 0 Å². The highest BCUT2D eigenvalue weighted by molar-refractivity contribution is 7.88. The van der Waals surface area contributed by atoms with Gasteiger partial charge in [0.25, 0.3) is 5.91 Å².